The van der Waals surface area contributed by atoms with Gasteiger partial charge in [-0.1, -0.05) is 285 Å². The van der Waals surface area contributed by atoms with Gasteiger partial charge in [0.2, 0.25) is 0 Å². The van der Waals surface area contributed by atoms with Crippen molar-refractivity contribution in [3.05, 3.63) is 97.2 Å². The molecule has 78 heavy (non-hydrogen) atoms. The lowest BCUT2D eigenvalue weighted by Gasteiger charge is -2.18. The summed E-state index contributed by atoms with van der Waals surface area (Å²) in [5.41, 5.74) is 0. The van der Waals surface area contributed by atoms with Gasteiger partial charge in [0.05, 0.1) is 0 Å². The molecule has 0 amide bonds. The summed E-state index contributed by atoms with van der Waals surface area (Å²) < 4.78 is 16.9. The maximum absolute atomic E-state index is 12.9. The zero-order chi connectivity index (χ0) is 56.4. The van der Waals surface area contributed by atoms with Crippen molar-refractivity contribution in [3.63, 3.8) is 0 Å². The second kappa shape index (κ2) is 65.8. The van der Waals surface area contributed by atoms with Crippen LogP contribution in [0.2, 0.25) is 0 Å². The minimum absolute atomic E-state index is 0.0944. The molecule has 0 saturated heterocycles. The topological polar surface area (TPSA) is 78.9 Å². The van der Waals surface area contributed by atoms with E-state index in [4.69, 9.17) is 14.2 Å². The predicted octanol–water partition coefficient (Wildman–Crippen LogP) is 22.8. The van der Waals surface area contributed by atoms with Crippen molar-refractivity contribution in [2.45, 2.75) is 329 Å². The molecule has 448 valence electrons. The Hall–Kier alpha value is -3.67. The summed E-state index contributed by atoms with van der Waals surface area (Å²) in [6.45, 7) is 6.48. The standard InChI is InChI=1S/C72H124O6/c1-4-7-10-13-16-19-22-25-28-30-32-33-34-35-36-37-38-39-41-42-44-47-50-53-56-59-62-65-71(74)77-68-69(67-76-70(73)64-61-58-55-52-49-46-27-24-21-18-15-12-9-6-3)78-72(75)66-63-60-57-54-51-48-45-43-40-31-29-26-23-20-17-14-11-8-5-2/h8,11,15,17-18,20,24,26-27,29-30,32,40,43,48,51,69H,4-7,9-10,12-14,16,19,21-23,25,28,31,33-39,41-42,44-47,49-50,52-68H2,1-3H3/b11-8-,18-15-,20-17-,27-24-,29-26-,32-30-,43-40-,51-48-. The van der Waals surface area contributed by atoms with E-state index in [1.807, 2.05) is 0 Å². The fourth-order valence-corrected chi connectivity index (χ4v) is 9.31. The largest absolute Gasteiger partial charge is 0.462 e. The molecule has 1 unspecified atom stereocenters. The molecule has 0 aliphatic carbocycles. The van der Waals surface area contributed by atoms with Gasteiger partial charge >= 0.3 is 17.9 Å². The van der Waals surface area contributed by atoms with Gasteiger partial charge < -0.3 is 14.2 Å². The van der Waals surface area contributed by atoms with Crippen LogP contribution in [-0.2, 0) is 28.6 Å². The van der Waals surface area contributed by atoms with Crippen molar-refractivity contribution in [1.29, 1.82) is 0 Å². The summed E-state index contributed by atoms with van der Waals surface area (Å²) in [4.78, 5) is 38.3. The van der Waals surface area contributed by atoms with Gasteiger partial charge in [0, 0.05) is 19.3 Å². The molecule has 0 fully saturated rings. The average molecular weight is 1090 g/mol. The van der Waals surface area contributed by atoms with E-state index in [9.17, 15) is 14.4 Å². The summed E-state index contributed by atoms with van der Waals surface area (Å²) in [5, 5.41) is 0. The summed E-state index contributed by atoms with van der Waals surface area (Å²) in [7, 11) is 0. The number of ether oxygens (including phenoxy) is 3. The van der Waals surface area contributed by atoms with Crippen LogP contribution in [0.1, 0.15) is 323 Å². The molecular formula is C72H124O6. The highest BCUT2D eigenvalue weighted by atomic mass is 16.6. The van der Waals surface area contributed by atoms with Crippen LogP contribution in [0.3, 0.4) is 0 Å². The minimum atomic E-state index is -0.803. The van der Waals surface area contributed by atoms with Gasteiger partial charge in [-0.2, -0.15) is 0 Å². The van der Waals surface area contributed by atoms with Crippen LogP contribution in [0.15, 0.2) is 97.2 Å². The van der Waals surface area contributed by atoms with Crippen LogP contribution in [-0.4, -0.2) is 37.2 Å². The van der Waals surface area contributed by atoms with E-state index in [-0.39, 0.29) is 37.5 Å². The fraction of sp³-hybridized carbons (Fsp3) is 0.736. The summed E-state index contributed by atoms with van der Waals surface area (Å²) in [6, 6.07) is 0. The molecule has 0 aromatic rings. The van der Waals surface area contributed by atoms with Gasteiger partial charge in [0.15, 0.2) is 6.10 Å². The number of hydrogen-bond acceptors (Lipinski definition) is 6. The van der Waals surface area contributed by atoms with E-state index in [1.165, 1.54) is 161 Å². The normalized spacial score (nSPS) is 12.7. The summed E-state index contributed by atoms with van der Waals surface area (Å²) >= 11 is 0. The summed E-state index contributed by atoms with van der Waals surface area (Å²) in [5.74, 6) is -0.931. The Bertz CT molecular complexity index is 1530. The first-order chi connectivity index (χ1) is 38.5. The van der Waals surface area contributed by atoms with Gasteiger partial charge in [0.1, 0.15) is 13.2 Å². The van der Waals surface area contributed by atoms with E-state index in [2.05, 4.69) is 118 Å². The number of esters is 3. The smallest absolute Gasteiger partial charge is 0.306 e. The third kappa shape index (κ3) is 63.2. The second-order valence-corrected chi connectivity index (χ2v) is 22.0. The van der Waals surface area contributed by atoms with Gasteiger partial charge in [-0.05, 0) is 116 Å². The quantitative estimate of drug-likeness (QED) is 0.0261. The van der Waals surface area contributed by atoms with Crippen molar-refractivity contribution < 1.29 is 28.6 Å². The van der Waals surface area contributed by atoms with E-state index in [0.29, 0.717) is 12.8 Å². The SMILES string of the molecule is CC/C=C\C/C=C\C/C=C\C/C=C\C/C=C\CCCCCC(=O)OC(COC(=O)CCCCCCC/C=C\C/C=C\CCCC)COC(=O)CCCCCCCCCCCCCCCCC/C=C\CCCCCCCCCC. The zero-order valence-electron chi connectivity index (χ0n) is 51.4. The first-order valence-electron chi connectivity index (χ1n) is 33.2. The first-order valence-corrected chi connectivity index (χ1v) is 33.2. The molecule has 0 radical (unpaired) electrons. The molecule has 1 atom stereocenters. The third-order valence-electron chi connectivity index (χ3n) is 14.3. The maximum Gasteiger partial charge on any atom is 0.306 e. The van der Waals surface area contributed by atoms with Crippen LogP contribution < -0.4 is 0 Å². The fourth-order valence-electron chi connectivity index (χ4n) is 9.31. The molecule has 0 aliphatic rings. The highest BCUT2D eigenvalue weighted by Crippen LogP contribution is 2.16. The number of hydrogen-bond donors (Lipinski definition) is 0. The Morgan fingerprint density at radius 2 is 0.513 bits per heavy atom. The van der Waals surface area contributed by atoms with Crippen LogP contribution in [0.4, 0.5) is 0 Å². The molecule has 6 heteroatoms. The second-order valence-electron chi connectivity index (χ2n) is 22.0. The van der Waals surface area contributed by atoms with Crippen LogP contribution in [0.5, 0.6) is 0 Å². The first kappa shape index (κ1) is 74.3. The lowest BCUT2D eigenvalue weighted by Crippen LogP contribution is -2.30. The van der Waals surface area contributed by atoms with E-state index in [0.717, 1.165) is 122 Å². The molecule has 0 N–H and O–H groups in total. The Morgan fingerprint density at radius 3 is 0.846 bits per heavy atom. The number of rotatable bonds is 60. The van der Waals surface area contributed by atoms with Gasteiger partial charge in [0.25, 0.3) is 0 Å². The van der Waals surface area contributed by atoms with Crippen molar-refractivity contribution in [3.8, 4) is 0 Å². The predicted molar refractivity (Wildman–Crippen MR) is 339 cm³/mol. The van der Waals surface area contributed by atoms with Crippen molar-refractivity contribution in [1.82, 2.24) is 0 Å². The highest BCUT2D eigenvalue weighted by molar-refractivity contribution is 5.71. The molecule has 0 heterocycles. The molecular weight excluding hydrogens is 961 g/mol. The Labute approximate surface area is 483 Å². The third-order valence-corrected chi connectivity index (χ3v) is 14.3. The van der Waals surface area contributed by atoms with E-state index >= 15 is 0 Å². The Morgan fingerprint density at radius 1 is 0.269 bits per heavy atom. The van der Waals surface area contributed by atoms with Gasteiger partial charge in [-0.3, -0.25) is 14.4 Å². The zero-order valence-corrected chi connectivity index (χ0v) is 51.4. The monoisotopic (exact) mass is 1080 g/mol. The summed E-state index contributed by atoms with van der Waals surface area (Å²) in [6.07, 6.45) is 88.6. The van der Waals surface area contributed by atoms with Gasteiger partial charge in [-0.15, -0.1) is 0 Å². The van der Waals surface area contributed by atoms with Crippen LogP contribution >= 0.6 is 0 Å². The number of carbonyl (C=O) groups is 3. The molecule has 6 nitrogen and oxygen atoms in total. The molecule has 0 aromatic carbocycles. The van der Waals surface area contributed by atoms with Gasteiger partial charge in [-0.25, -0.2) is 0 Å². The molecule has 0 saturated carbocycles. The molecule has 0 aromatic heterocycles. The average Bonchev–Trinajstić information content (AvgIpc) is 3.44. The Balaban J connectivity index is 4.33. The lowest BCUT2D eigenvalue weighted by molar-refractivity contribution is -0.167. The maximum atomic E-state index is 12.9. The molecule has 0 bridgehead atoms. The van der Waals surface area contributed by atoms with Crippen molar-refractivity contribution in [2.24, 2.45) is 0 Å². The number of allylic oxidation sites excluding steroid dienone is 16. The molecule has 0 aliphatic heterocycles. The number of unbranched alkanes of at least 4 members (excludes halogenated alkanes) is 33. The highest BCUT2D eigenvalue weighted by Gasteiger charge is 2.19. The van der Waals surface area contributed by atoms with Crippen molar-refractivity contribution >= 4 is 17.9 Å². The lowest BCUT2D eigenvalue weighted by atomic mass is 10.0. The van der Waals surface area contributed by atoms with Crippen LogP contribution in [0.25, 0.3) is 0 Å². The Kier molecular flexibility index (Phi) is 62.7. The molecule has 0 rings (SSSR count). The van der Waals surface area contributed by atoms with Crippen molar-refractivity contribution in [2.75, 3.05) is 13.2 Å². The number of carbonyl (C=O) groups excluding carboxylic acids is 3. The minimum Gasteiger partial charge on any atom is -0.462 e. The molecule has 0 spiro atoms. The van der Waals surface area contributed by atoms with Crippen LogP contribution in [0, 0.1) is 0 Å². The van der Waals surface area contributed by atoms with E-state index < -0.39 is 6.10 Å². The van der Waals surface area contributed by atoms with E-state index in [1.54, 1.807) is 0 Å².